The molecule has 1 aliphatic heterocycles. The van der Waals surface area contributed by atoms with Crippen molar-refractivity contribution in [2.75, 3.05) is 38.3 Å². The second kappa shape index (κ2) is 8.27. The van der Waals surface area contributed by atoms with Crippen LogP contribution in [0.1, 0.15) is 15.9 Å². The van der Waals surface area contributed by atoms with Gasteiger partial charge in [-0.25, -0.2) is 4.98 Å². The van der Waals surface area contributed by atoms with E-state index in [0.717, 1.165) is 54.2 Å². The molecule has 0 unspecified atom stereocenters. The van der Waals surface area contributed by atoms with Crippen LogP contribution >= 0.6 is 0 Å². The highest BCUT2D eigenvalue weighted by molar-refractivity contribution is 5.98. The molecule has 1 saturated heterocycles. The zero-order valence-electron chi connectivity index (χ0n) is 15.9. The second-order valence-corrected chi connectivity index (χ2v) is 6.73. The first-order chi connectivity index (χ1) is 13.7. The molecule has 2 heterocycles. The summed E-state index contributed by atoms with van der Waals surface area (Å²) in [5.74, 6) is 1.65. The van der Waals surface area contributed by atoms with Crippen LogP contribution in [0.2, 0.25) is 0 Å². The number of carbonyl (C=O) groups is 1. The van der Waals surface area contributed by atoms with E-state index in [4.69, 9.17) is 9.47 Å². The van der Waals surface area contributed by atoms with E-state index < -0.39 is 0 Å². The third kappa shape index (κ3) is 4.07. The van der Waals surface area contributed by atoms with E-state index in [2.05, 4.69) is 15.2 Å². The number of aromatic nitrogens is 1. The van der Waals surface area contributed by atoms with Crippen molar-refractivity contribution in [3.05, 3.63) is 65.9 Å². The number of ether oxygens (including phenoxy) is 2. The smallest absolute Gasteiger partial charge is 0.251 e. The number of morpholine rings is 1. The van der Waals surface area contributed by atoms with Gasteiger partial charge in [-0.2, -0.15) is 0 Å². The molecule has 1 N–H and O–H groups in total. The molecular weight excluding hydrogens is 354 g/mol. The number of pyridine rings is 1. The number of methoxy groups -OCH3 is 1. The average Bonchev–Trinajstić information content (AvgIpc) is 2.77. The predicted octanol–water partition coefficient (Wildman–Crippen LogP) is 3.01. The Morgan fingerprint density at radius 1 is 1.11 bits per heavy atom. The topological polar surface area (TPSA) is 63.7 Å². The molecule has 28 heavy (non-hydrogen) atoms. The largest absolute Gasteiger partial charge is 0.497 e. The molecular formula is C22H23N3O3. The summed E-state index contributed by atoms with van der Waals surface area (Å²) in [6.45, 7) is 3.62. The maximum absolute atomic E-state index is 12.5. The van der Waals surface area contributed by atoms with Crippen molar-refractivity contribution in [3.63, 3.8) is 0 Å². The van der Waals surface area contributed by atoms with Crippen LogP contribution in [0.15, 0.2) is 54.7 Å². The van der Waals surface area contributed by atoms with E-state index in [1.54, 1.807) is 7.11 Å². The standard InChI is InChI=1S/C22H23N3O3/c1-27-20-6-5-17-12-19(4-3-18(17)13-20)22(26)24-15-16-2-7-21(23-14-16)25-8-10-28-11-9-25/h2-7,12-14H,8-11,15H2,1H3,(H,24,26). The first kappa shape index (κ1) is 18.3. The molecule has 1 aromatic heterocycles. The number of carbonyl (C=O) groups excluding carboxylic acids is 1. The summed E-state index contributed by atoms with van der Waals surface area (Å²) in [6, 6.07) is 15.5. The van der Waals surface area contributed by atoms with Gasteiger partial charge in [-0.05, 0) is 46.7 Å². The van der Waals surface area contributed by atoms with E-state index in [0.29, 0.717) is 12.1 Å². The van der Waals surface area contributed by atoms with Gasteiger partial charge in [-0.3, -0.25) is 4.79 Å². The van der Waals surface area contributed by atoms with Crippen LogP contribution in [0.25, 0.3) is 10.8 Å². The fraction of sp³-hybridized carbons (Fsp3) is 0.273. The van der Waals surface area contributed by atoms with Gasteiger partial charge in [0.2, 0.25) is 0 Å². The molecule has 4 rings (SSSR count). The van der Waals surface area contributed by atoms with E-state index in [1.165, 1.54) is 0 Å². The Bertz CT molecular complexity index is 966. The number of rotatable bonds is 5. The van der Waals surface area contributed by atoms with Crippen LogP contribution in [-0.2, 0) is 11.3 Å². The van der Waals surface area contributed by atoms with Gasteiger partial charge in [0.25, 0.3) is 5.91 Å². The molecule has 1 fully saturated rings. The minimum Gasteiger partial charge on any atom is -0.497 e. The van der Waals surface area contributed by atoms with Gasteiger partial charge < -0.3 is 19.7 Å². The summed E-state index contributed by atoms with van der Waals surface area (Å²) in [5, 5.41) is 5.01. The molecule has 2 aromatic carbocycles. The molecule has 0 saturated carbocycles. The van der Waals surface area contributed by atoms with Crippen molar-refractivity contribution in [2.45, 2.75) is 6.54 Å². The zero-order chi connectivity index (χ0) is 19.3. The van der Waals surface area contributed by atoms with Gasteiger partial charge in [0.15, 0.2) is 0 Å². The minimum absolute atomic E-state index is 0.102. The Morgan fingerprint density at radius 2 is 1.89 bits per heavy atom. The van der Waals surface area contributed by atoms with Gasteiger partial charge in [0, 0.05) is 31.4 Å². The summed E-state index contributed by atoms with van der Waals surface area (Å²) >= 11 is 0. The van der Waals surface area contributed by atoms with E-state index in [-0.39, 0.29) is 5.91 Å². The van der Waals surface area contributed by atoms with E-state index >= 15 is 0 Å². The predicted molar refractivity (Wildman–Crippen MR) is 109 cm³/mol. The lowest BCUT2D eigenvalue weighted by Gasteiger charge is -2.27. The van der Waals surface area contributed by atoms with Gasteiger partial charge in [-0.1, -0.05) is 18.2 Å². The van der Waals surface area contributed by atoms with Crippen molar-refractivity contribution >= 4 is 22.5 Å². The molecule has 0 radical (unpaired) electrons. The maximum atomic E-state index is 12.5. The molecule has 0 bridgehead atoms. The number of fused-ring (bicyclic) bond motifs is 1. The molecule has 0 spiro atoms. The van der Waals surface area contributed by atoms with E-state index in [9.17, 15) is 4.79 Å². The van der Waals surface area contributed by atoms with Crippen LogP contribution in [0.4, 0.5) is 5.82 Å². The summed E-state index contributed by atoms with van der Waals surface area (Å²) < 4.78 is 10.6. The third-order valence-electron chi connectivity index (χ3n) is 4.91. The Kier molecular flexibility index (Phi) is 5.39. The zero-order valence-corrected chi connectivity index (χ0v) is 15.9. The molecule has 0 aliphatic carbocycles. The molecule has 6 nitrogen and oxygen atoms in total. The van der Waals surface area contributed by atoms with Gasteiger partial charge in [0.05, 0.1) is 20.3 Å². The van der Waals surface area contributed by atoms with Crippen molar-refractivity contribution in [3.8, 4) is 5.75 Å². The Labute approximate surface area is 164 Å². The SMILES string of the molecule is COc1ccc2cc(C(=O)NCc3ccc(N4CCOCC4)nc3)ccc2c1. The number of hydrogen-bond acceptors (Lipinski definition) is 5. The average molecular weight is 377 g/mol. The monoisotopic (exact) mass is 377 g/mol. The van der Waals surface area contributed by atoms with Crippen molar-refractivity contribution in [1.29, 1.82) is 0 Å². The highest BCUT2D eigenvalue weighted by atomic mass is 16.5. The molecule has 144 valence electrons. The lowest BCUT2D eigenvalue weighted by atomic mass is 10.1. The second-order valence-electron chi connectivity index (χ2n) is 6.73. The number of hydrogen-bond donors (Lipinski definition) is 1. The van der Waals surface area contributed by atoms with Gasteiger partial charge in [-0.15, -0.1) is 0 Å². The van der Waals surface area contributed by atoms with Crippen LogP contribution in [-0.4, -0.2) is 44.3 Å². The molecule has 6 heteroatoms. The Hall–Kier alpha value is -3.12. The number of amides is 1. The van der Waals surface area contributed by atoms with Crippen LogP contribution in [0.5, 0.6) is 5.75 Å². The molecule has 1 amide bonds. The summed E-state index contributed by atoms with van der Waals surface area (Å²) in [7, 11) is 1.64. The summed E-state index contributed by atoms with van der Waals surface area (Å²) in [4.78, 5) is 19.2. The molecule has 1 aliphatic rings. The lowest BCUT2D eigenvalue weighted by molar-refractivity contribution is 0.0951. The Balaban J connectivity index is 1.39. The first-order valence-corrected chi connectivity index (χ1v) is 9.36. The fourth-order valence-corrected chi connectivity index (χ4v) is 3.28. The number of nitrogens with one attached hydrogen (secondary N) is 1. The van der Waals surface area contributed by atoms with Gasteiger partial charge in [0.1, 0.15) is 11.6 Å². The van der Waals surface area contributed by atoms with Crippen LogP contribution in [0, 0.1) is 0 Å². The van der Waals surface area contributed by atoms with Crippen LogP contribution in [0.3, 0.4) is 0 Å². The number of nitrogens with zero attached hydrogens (tertiary/aromatic N) is 2. The van der Waals surface area contributed by atoms with Gasteiger partial charge >= 0.3 is 0 Å². The maximum Gasteiger partial charge on any atom is 0.251 e. The number of benzene rings is 2. The molecule has 0 atom stereocenters. The highest BCUT2D eigenvalue weighted by Crippen LogP contribution is 2.22. The van der Waals surface area contributed by atoms with Crippen molar-refractivity contribution in [1.82, 2.24) is 10.3 Å². The first-order valence-electron chi connectivity index (χ1n) is 9.36. The summed E-state index contributed by atoms with van der Waals surface area (Å²) in [5.41, 5.74) is 1.60. The third-order valence-corrected chi connectivity index (χ3v) is 4.91. The quantitative estimate of drug-likeness (QED) is 0.741. The van der Waals surface area contributed by atoms with Crippen molar-refractivity contribution in [2.24, 2.45) is 0 Å². The number of anilines is 1. The fourth-order valence-electron chi connectivity index (χ4n) is 3.28. The van der Waals surface area contributed by atoms with Crippen molar-refractivity contribution < 1.29 is 14.3 Å². The van der Waals surface area contributed by atoms with Crippen LogP contribution < -0.4 is 15.0 Å². The minimum atomic E-state index is -0.102. The van der Waals surface area contributed by atoms with E-state index in [1.807, 2.05) is 54.7 Å². The highest BCUT2D eigenvalue weighted by Gasteiger charge is 2.12. The normalized spacial score (nSPS) is 14.1. The summed E-state index contributed by atoms with van der Waals surface area (Å²) in [6.07, 6.45) is 1.82. The Morgan fingerprint density at radius 3 is 2.64 bits per heavy atom. The molecule has 3 aromatic rings. The lowest BCUT2D eigenvalue weighted by Crippen LogP contribution is -2.36.